The van der Waals surface area contributed by atoms with Crippen LogP contribution in [-0.4, -0.2) is 4.98 Å². The van der Waals surface area contributed by atoms with Gasteiger partial charge in [-0.1, -0.05) is 49.8 Å². The molecule has 0 spiro atoms. The van der Waals surface area contributed by atoms with E-state index in [4.69, 9.17) is 4.74 Å². The molecule has 0 fully saturated rings. The summed E-state index contributed by atoms with van der Waals surface area (Å²) in [5.74, 6) is 0.884. The fraction of sp³-hybridized carbons (Fsp3) is 0.357. The summed E-state index contributed by atoms with van der Waals surface area (Å²) in [7, 11) is 0. The lowest BCUT2D eigenvalue weighted by Crippen LogP contribution is -2.12. The Kier molecular flexibility index (Phi) is 3.78. The van der Waals surface area contributed by atoms with Crippen LogP contribution in [0.25, 0.3) is 0 Å². The van der Waals surface area contributed by atoms with Gasteiger partial charge < -0.3 is 4.74 Å². The van der Waals surface area contributed by atoms with Crippen LogP contribution < -0.4 is 4.74 Å². The zero-order valence-electron chi connectivity index (χ0n) is 11.0. The molecule has 1 aromatic heterocycles. The van der Waals surface area contributed by atoms with Crippen LogP contribution in [0.1, 0.15) is 31.9 Å². The first-order valence-corrected chi connectivity index (χ1v) is 7.43. The Morgan fingerprint density at radius 2 is 2.00 bits per heavy atom. The summed E-state index contributed by atoms with van der Waals surface area (Å²) in [6.07, 6.45) is 0. The lowest BCUT2D eigenvalue weighted by molar-refractivity contribution is 0.451. The zero-order chi connectivity index (χ0) is 13.3. The Morgan fingerprint density at radius 3 is 2.56 bits per heavy atom. The Morgan fingerprint density at radius 1 is 1.28 bits per heavy atom. The third-order valence-corrected chi connectivity index (χ3v) is 4.02. The van der Waals surface area contributed by atoms with Crippen LogP contribution in [0.2, 0.25) is 0 Å². The number of hydrogen-bond donors (Lipinski definition) is 0. The molecule has 1 aromatic carbocycles. The fourth-order valence-corrected chi connectivity index (χ4v) is 2.80. The minimum absolute atomic E-state index is 0.0514. The average molecular weight is 326 g/mol. The minimum atomic E-state index is 0.0514. The van der Waals surface area contributed by atoms with E-state index in [0.717, 1.165) is 10.4 Å². The number of benzene rings is 1. The van der Waals surface area contributed by atoms with Gasteiger partial charge in [0.05, 0.1) is 0 Å². The van der Waals surface area contributed by atoms with Gasteiger partial charge in [0.15, 0.2) is 0 Å². The van der Waals surface area contributed by atoms with Gasteiger partial charge in [0.25, 0.3) is 5.19 Å². The van der Waals surface area contributed by atoms with E-state index in [-0.39, 0.29) is 5.41 Å². The SMILES string of the molecule is Cc1ccc(Oc2nc(Br)cs2)c(C(C)(C)C)c1. The predicted molar refractivity (Wildman–Crippen MR) is 79.8 cm³/mol. The maximum Gasteiger partial charge on any atom is 0.279 e. The summed E-state index contributed by atoms with van der Waals surface area (Å²) >= 11 is 4.82. The molecule has 0 saturated heterocycles. The second kappa shape index (κ2) is 5.02. The molecule has 96 valence electrons. The normalized spacial score (nSPS) is 11.6. The van der Waals surface area contributed by atoms with Crippen molar-refractivity contribution < 1.29 is 4.74 Å². The summed E-state index contributed by atoms with van der Waals surface area (Å²) in [5, 5.41) is 2.58. The monoisotopic (exact) mass is 325 g/mol. The van der Waals surface area contributed by atoms with E-state index in [0.29, 0.717) is 5.19 Å². The topological polar surface area (TPSA) is 22.1 Å². The quantitative estimate of drug-likeness (QED) is 0.747. The molecule has 18 heavy (non-hydrogen) atoms. The molecule has 0 bridgehead atoms. The first kappa shape index (κ1) is 13.6. The van der Waals surface area contributed by atoms with E-state index >= 15 is 0 Å². The molecule has 2 rings (SSSR count). The number of halogens is 1. The van der Waals surface area contributed by atoms with Gasteiger partial charge in [-0.25, -0.2) is 0 Å². The Labute approximate surface area is 120 Å². The highest BCUT2D eigenvalue weighted by molar-refractivity contribution is 9.10. The van der Waals surface area contributed by atoms with Gasteiger partial charge in [0.2, 0.25) is 0 Å². The van der Waals surface area contributed by atoms with E-state index in [9.17, 15) is 0 Å². The van der Waals surface area contributed by atoms with Crippen LogP contribution in [0.4, 0.5) is 0 Å². The molecular formula is C14H16BrNOS. The van der Waals surface area contributed by atoms with Crippen molar-refractivity contribution in [2.24, 2.45) is 0 Å². The van der Waals surface area contributed by atoms with Gasteiger partial charge in [-0.3, -0.25) is 0 Å². The molecule has 0 atom stereocenters. The van der Waals surface area contributed by atoms with Gasteiger partial charge in [-0.05, 0) is 34.3 Å². The number of aromatic nitrogens is 1. The van der Waals surface area contributed by atoms with Crippen LogP contribution in [0.15, 0.2) is 28.2 Å². The molecule has 0 radical (unpaired) electrons. The standard InChI is InChI=1S/C14H16BrNOS/c1-9-5-6-11(10(7-9)14(2,3)4)17-13-16-12(15)8-18-13/h5-8H,1-4H3. The van der Waals surface area contributed by atoms with Gasteiger partial charge in [-0.15, -0.1) is 0 Å². The Hall–Kier alpha value is -0.870. The predicted octanol–water partition coefficient (Wildman–Crippen LogP) is 5.30. The van der Waals surface area contributed by atoms with Gasteiger partial charge >= 0.3 is 0 Å². The first-order chi connectivity index (χ1) is 8.36. The Bertz CT molecular complexity index is 557. The van der Waals surface area contributed by atoms with E-state index in [1.54, 1.807) is 0 Å². The molecular weight excluding hydrogens is 310 g/mol. The molecule has 1 heterocycles. The third kappa shape index (κ3) is 3.12. The van der Waals surface area contributed by atoms with Crippen LogP contribution in [0.5, 0.6) is 10.9 Å². The van der Waals surface area contributed by atoms with Crippen molar-refractivity contribution in [3.63, 3.8) is 0 Å². The van der Waals surface area contributed by atoms with Crippen LogP contribution in [-0.2, 0) is 5.41 Å². The van der Waals surface area contributed by atoms with Crippen molar-refractivity contribution in [1.82, 2.24) is 4.98 Å². The molecule has 4 heteroatoms. The number of rotatable bonds is 2. The fourth-order valence-electron chi connectivity index (χ4n) is 1.70. The van der Waals surface area contributed by atoms with Crippen molar-refractivity contribution in [3.05, 3.63) is 39.3 Å². The van der Waals surface area contributed by atoms with E-state index in [1.807, 2.05) is 11.4 Å². The van der Waals surface area contributed by atoms with Gasteiger partial charge in [-0.2, -0.15) is 4.98 Å². The highest BCUT2D eigenvalue weighted by Gasteiger charge is 2.20. The van der Waals surface area contributed by atoms with Gasteiger partial charge in [0.1, 0.15) is 10.4 Å². The molecule has 2 aromatic rings. The molecule has 2 nitrogen and oxygen atoms in total. The molecule has 0 N–H and O–H groups in total. The highest BCUT2D eigenvalue weighted by atomic mass is 79.9. The summed E-state index contributed by atoms with van der Waals surface area (Å²) in [4.78, 5) is 4.26. The van der Waals surface area contributed by atoms with Crippen molar-refractivity contribution in [2.75, 3.05) is 0 Å². The van der Waals surface area contributed by atoms with Crippen LogP contribution in [0.3, 0.4) is 0 Å². The molecule has 0 aliphatic rings. The third-order valence-electron chi connectivity index (χ3n) is 2.60. The van der Waals surface area contributed by atoms with Gasteiger partial charge in [0, 0.05) is 10.9 Å². The largest absolute Gasteiger partial charge is 0.431 e. The number of thiazole rings is 1. The number of ether oxygens (including phenoxy) is 1. The van der Waals surface area contributed by atoms with Crippen molar-refractivity contribution in [1.29, 1.82) is 0 Å². The smallest absolute Gasteiger partial charge is 0.279 e. The number of nitrogens with zero attached hydrogens (tertiary/aromatic N) is 1. The molecule has 0 unspecified atom stereocenters. The summed E-state index contributed by atoms with van der Waals surface area (Å²) in [6, 6.07) is 6.26. The van der Waals surface area contributed by atoms with Crippen LogP contribution >= 0.6 is 27.3 Å². The first-order valence-electron chi connectivity index (χ1n) is 5.76. The Balaban J connectivity index is 2.38. The maximum absolute atomic E-state index is 5.89. The molecule has 0 saturated carbocycles. The maximum atomic E-state index is 5.89. The summed E-state index contributed by atoms with van der Waals surface area (Å²) < 4.78 is 6.70. The summed E-state index contributed by atoms with van der Waals surface area (Å²) in [6.45, 7) is 8.66. The lowest BCUT2D eigenvalue weighted by Gasteiger charge is -2.22. The second-order valence-electron chi connectivity index (χ2n) is 5.29. The molecule has 0 amide bonds. The van der Waals surface area contributed by atoms with Crippen molar-refractivity contribution in [2.45, 2.75) is 33.1 Å². The van der Waals surface area contributed by atoms with E-state index in [1.165, 1.54) is 22.5 Å². The van der Waals surface area contributed by atoms with E-state index < -0.39 is 0 Å². The molecule has 0 aliphatic heterocycles. The van der Waals surface area contributed by atoms with Crippen LogP contribution in [0, 0.1) is 6.92 Å². The average Bonchev–Trinajstić information content (AvgIpc) is 2.65. The summed E-state index contributed by atoms with van der Waals surface area (Å²) in [5.41, 5.74) is 2.50. The van der Waals surface area contributed by atoms with Crippen molar-refractivity contribution in [3.8, 4) is 10.9 Å². The van der Waals surface area contributed by atoms with E-state index in [2.05, 4.69) is 60.7 Å². The highest BCUT2D eigenvalue weighted by Crippen LogP contribution is 2.36. The zero-order valence-corrected chi connectivity index (χ0v) is 13.4. The lowest BCUT2D eigenvalue weighted by atomic mass is 9.85. The number of aryl methyl sites for hydroxylation is 1. The number of hydrogen-bond acceptors (Lipinski definition) is 3. The minimum Gasteiger partial charge on any atom is -0.431 e. The second-order valence-corrected chi connectivity index (χ2v) is 6.92. The van der Waals surface area contributed by atoms with Crippen molar-refractivity contribution >= 4 is 27.3 Å². The molecule has 0 aliphatic carbocycles.